The van der Waals surface area contributed by atoms with Gasteiger partial charge in [0.2, 0.25) is 5.06 Å². The van der Waals surface area contributed by atoms with Gasteiger partial charge in [0.05, 0.1) is 22.7 Å². The molecule has 27 heavy (non-hydrogen) atoms. The Hall–Kier alpha value is -1.81. The lowest BCUT2D eigenvalue weighted by Crippen LogP contribution is -2.14. The number of aliphatic imine (C=N–C) groups is 1. The normalized spacial score (nSPS) is 11.2. The van der Waals surface area contributed by atoms with E-state index in [9.17, 15) is 5.26 Å². The van der Waals surface area contributed by atoms with Crippen LogP contribution in [0, 0.1) is 18.3 Å². The first kappa shape index (κ1) is 23.2. The summed E-state index contributed by atoms with van der Waals surface area (Å²) in [6, 6.07) is 5.82. The van der Waals surface area contributed by atoms with E-state index < -0.39 is 0 Å². The molecule has 0 amide bonds. The van der Waals surface area contributed by atoms with Crippen molar-refractivity contribution in [1.29, 1.82) is 5.26 Å². The number of aryl methyl sites for hydroxylation is 1. The third-order valence-corrected chi connectivity index (χ3v) is 4.85. The summed E-state index contributed by atoms with van der Waals surface area (Å²) in [5.41, 5.74) is 2.56. The number of nitriles is 1. The Labute approximate surface area is 176 Å². The second kappa shape index (κ2) is 9.41. The largest absolute Gasteiger partial charge is 0.443 e. The van der Waals surface area contributed by atoms with Crippen molar-refractivity contribution >= 4 is 47.6 Å². The van der Waals surface area contributed by atoms with Gasteiger partial charge in [-0.25, -0.2) is 4.99 Å². The van der Waals surface area contributed by atoms with E-state index in [2.05, 4.69) is 15.4 Å². The molecule has 0 fully saturated rings. The molecule has 0 atom stereocenters. The number of benzene rings is 1. The molecular weight excluding hydrogens is 403 g/mol. The first-order chi connectivity index (χ1) is 12.2. The van der Waals surface area contributed by atoms with Crippen molar-refractivity contribution in [3.63, 3.8) is 0 Å². The molecule has 0 aliphatic heterocycles. The summed E-state index contributed by atoms with van der Waals surface area (Å²) in [4.78, 5) is 6.37. The summed E-state index contributed by atoms with van der Waals surface area (Å²) in [6.45, 7) is 10.9. The zero-order chi connectivity index (χ0) is 19.5. The number of aromatic nitrogens is 1. The van der Waals surface area contributed by atoms with Gasteiger partial charge in [0.15, 0.2) is 0 Å². The van der Waals surface area contributed by atoms with E-state index in [4.69, 9.17) is 16.3 Å². The van der Waals surface area contributed by atoms with Gasteiger partial charge in [-0.2, -0.15) is 9.64 Å². The van der Waals surface area contributed by atoms with Crippen molar-refractivity contribution in [3.8, 4) is 16.9 Å². The lowest BCUT2D eigenvalue weighted by molar-refractivity contribution is 0.488. The number of halogens is 2. The van der Waals surface area contributed by atoms with Gasteiger partial charge in [-0.05, 0) is 25.5 Å². The average molecular weight is 427 g/mol. The fraction of sp³-hybridized carbons (Fsp3) is 0.421. The maximum Gasteiger partial charge on any atom is 0.218 e. The monoisotopic (exact) mass is 426 g/mol. The Balaban J connectivity index is 0.00000364. The van der Waals surface area contributed by atoms with Crippen LogP contribution < -0.4 is 4.74 Å². The minimum Gasteiger partial charge on any atom is -0.443 e. The van der Waals surface area contributed by atoms with Gasteiger partial charge in [0.1, 0.15) is 17.4 Å². The minimum absolute atomic E-state index is 0. The molecule has 5 nitrogen and oxygen atoms in total. The van der Waals surface area contributed by atoms with E-state index >= 15 is 0 Å². The van der Waals surface area contributed by atoms with Crippen LogP contribution in [-0.4, -0.2) is 29.2 Å². The van der Waals surface area contributed by atoms with Crippen LogP contribution >= 0.6 is 35.5 Å². The topological polar surface area (TPSA) is 61.5 Å². The summed E-state index contributed by atoms with van der Waals surface area (Å²) in [6.07, 6.45) is 1.74. The Morgan fingerprint density at radius 1 is 1.41 bits per heavy atom. The minimum atomic E-state index is -0.222. The first-order valence-corrected chi connectivity index (χ1v) is 9.45. The Morgan fingerprint density at radius 3 is 2.63 bits per heavy atom. The van der Waals surface area contributed by atoms with E-state index in [0.717, 1.165) is 17.8 Å². The molecule has 0 aliphatic carbocycles. The maximum atomic E-state index is 9.53. The Bertz CT molecular complexity index is 866. The van der Waals surface area contributed by atoms with Crippen molar-refractivity contribution in [3.05, 3.63) is 34.0 Å². The Morgan fingerprint density at radius 2 is 2.07 bits per heavy atom. The molecule has 0 N–H and O–H groups in total. The first-order valence-electron chi connectivity index (χ1n) is 8.30. The van der Waals surface area contributed by atoms with Crippen molar-refractivity contribution in [2.75, 3.05) is 13.6 Å². The highest BCUT2D eigenvalue weighted by Crippen LogP contribution is 2.40. The SMILES string of the molecule is CCN(C)/C=N\c1cc(C)c(Oc2snc(C(C)(C)C)c2C#N)cc1Cl.Cl. The molecule has 8 heteroatoms. The molecule has 1 aromatic carbocycles. The third kappa shape index (κ3) is 5.58. The number of rotatable bonds is 5. The molecule has 146 valence electrons. The van der Waals surface area contributed by atoms with Crippen LogP contribution in [0.25, 0.3) is 0 Å². The summed E-state index contributed by atoms with van der Waals surface area (Å²) in [5.74, 6) is 0.596. The second-order valence-electron chi connectivity index (χ2n) is 7.04. The summed E-state index contributed by atoms with van der Waals surface area (Å²) < 4.78 is 10.4. The summed E-state index contributed by atoms with van der Waals surface area (Å²) >= 11 is 7.54. The average Bonchev–Trinajstić information content (AvgIpc) is 2.99. The summed E-state index contributed by atoms with van der Waals surface area (Å²) in [7, 11) is 1.95. The lowest BCUT2D eigenvalue weighted by Gasteiger charge is -2.15. The fourth-order valence-corrected chi connectivity index (χ4v) is 3.26. The van der Waals surface area contributed by atoms with E-state index in [-0.39, 0.29) is 17.8 Å². The number of hydrogen-bond donors (Lipinski definition) is 0. The molecule has 2 aromatic rings. The van der Waals surface area contributed by atoms with Crippen LogP contribution in [0.1, 0.15) is 44.5 Å². The highest BCUT2D eigenvalue weighted by Gasteiger charge is 2.26. The molecule has 0 radical (unpaired) electrons. The Kier molecular flexibility index (Phi) is 8.09. The molecule has 1 heterocycles. The van der Waals surface area contributed by atoms with Gasteiger partial charge < -0.3 is 9.64 Å². The van der Waals surface area contributed by atoms with Gasteiger partial charge in [0, 0.05) is 36.6 Å². The van der Waals surface area contributed by atoms with E-state index in [1.54, 1.807) is 12.4 Å². The number of hydrogen-bond acceptors (Lipinski definition) is 5. The molecule has 0 unspecified atom stereocenters. The van der Waals surface area contributed by atoms with Crippen LogP contribution in [0.3, 0.4) is 0 Å². The molecule has 1 aromatic heterocycles. The molecule has 0 bridgehead atoms. The van der Waals surface area contributed by atoms with Gasteiger partial charge >= 0.3 is 0 Å². The van der Waals surface area contributed by atoms with E-state index in [0.29, 0.717) is 27.1 Å². The van der Waals surface area contributed by atoms with Crippen LogP contribution in [0.15, 0.2) is 17.1 Å². The predicted octanol–water partition coefficient (Wildman–Crippen LogP) is 6.10. The molecule has 0 spiro atoms. The number of ether oxygens (including phenoxy) is 1. The zero-order valence-electron chi connectivity index (χ0n) is 16.3. The van der Waals surface area contributed by atoms with Gasteiger partial charge in [0.25, 0.3) is 0 Å². The van der Waals surface area contributed by atoms with Crippen LogP contribution in [0.2, 0.25) is 5.02 Å². The van der Waals surface area contributed by atoms with E-state index in [1.165, 1.54) is 11.5 Å². The third-order valence-electron chi connectivity index (χ3n) is 3.82. The second-order valence-corrected chi connectivity index (χ2v) is 8.19. The lowest BCUT2D eigenvalue weighted by atomic mass is 9.90. The fourth-order valence-electron chi connectivity index (χ4n) is 2.15. The standard InChI is InChI=1S/C19H23ClN4OS.ClH/c1-7-24(6)11-22-15-8-12(2)16(9-14(15)20)25-18-13(10-21)17(23-26-18)19(3,4)5;/h8-9,11H,7H2,1-6H3;1H/b22-11-;. The maximum absolute atomic E-state index is 9.53. The molecule has 0 saturated carbocycles. The van der Waals surface area contributed by atoms with Crippen LogP contribution in [0.5, 0.6) is 10.8 Å². The molecule has 2 rings (SSSR count). The highest BCUT2D eigenvalue weighted by atomic mass is 35.5. The number of nitrogens with zero attached hydrogens (tertiary/aromatic N) is 4. The molecule has 0 aliphatic rings. The van der Waals surface area contributed by atoms with Gasteiger partial charge in [-0.3, -0.25) is 0 Å². The summed E-state index contributed by atoms with van der Waals surface area (Å²) in [5, 5.41) is 10.5. The molecular formula is C19H24Cl2N4OS. The van der Waals surface area contributed by atoms with Crippen molar-refractivity contribution in [2.24, 2.45) is 4.99 Å². The smallest absolute Gasteiger partial charge is 0.218 e. The predicted molar refractivity (Wildman–Crippen MR) is 115 cm³/mol. The van der Waals surface area contributed by atoms with Crippen molar-refractivity contribution in [2.45, 2.75) is 40.0 Å². The van der Waals surface area contributed by atoms with Gasteiger partial charge in [-0.1, -0.05) is 32.4 Å². The van der Waals surface area contributed by atoms with Crippen LogP contribution in [0.4, 0.5) is 5.69 Å². The quantitative estimate of drug-likeness (QED) is 0.427. The highest BCUT2D eigenvalue weighted by molar-refractivity contribution is 7.08. The van der Waals surface area contributed by atoms with Gasteiger partial charge in [-0.15, -0.1) is 12.4 Å². The van der Waals surface area contributed by atoms with Crippen LogP contribution in [-0.2, 0) is 5.41 Å². The van der Waals surface area contributed by atoms with E-state index in [1.807, 2.05) is 52.6 Å². The van der Waals surface area contributed by atoms with Crippen molar-refractivity contribution < 1.29 is 4.74 Å². The van der Waals surface area contributed by atoms with Crippen molar-refractivity contribution in [1.82, 2.24) is 9.27 Å². The zero-order valence-corrected chi connectivity index (χ0v) is 18.7. The molecule has 0 saturated heterocycles.